The monoisotopic (exact) mass is 362 g/mol. The number of benzene rings is 1. The van der Waals surface area contributed by atoms with Crippen molar-refractivity contribution < 1.29 is 4.84 Å². The van der Waals surface area contributed by atoms with Gasteiger partial charge in [-0.3, -0.25) is 4.98 Å². The summed E-state index contributed by atoms with van der Waals surface area (Å²) in [6.45, 7) is 3.08. The summed E-state index contributed by atoms with van der Waals surface area (Å²) in [5.41, 5.74) is 9.71. The Kier molecular flexibility index (Phi) is 4.67. The summed E-state index contributed by atoms with van der Waals surface area (Å²) in [7, 11) is 0. The first-order chi connectivity index (χ1) is 13.2. The summed E-state index contributed by atoms with van der Waals surface area (Å²) < 4.78 is 1.72. The normalized spacial score (nSPS) is 12.0. The SMILES string of the molecule is CC(=NOCCN)c1cnc2nnn(Cc3ccc4ncccc4c3)c2n1. The number of fused-ring (bicyclic) bond motifs is 2. The molecule has 0 saturated heterocycles. The molecule has 0 bridgehead atoms. The summed E-state index contributed by atoms with van der Waals surface area (Å²) in [4.78, 5) is 18.4. The first-order valence-corrected chi connectivity index (χ1v) is 8.51. The molecule has 4 rings (SSSR count). The average Bonchev–Trinajstić information content (AvgIpc) is 3.10. The fraction of sp³-hybridized carbons (Fsp3) is 0.222. The number of nitrogens with two attached hydrogens (primary N) is 1. The van der Waals surface area contributed by atoms with Crippen molar-refractivity contribution in [1.29, 1.82) is 0 Å². The van der Waals surface area contributed by atoms with E-state index in [9.17, 15) is 0 Å². The predicted octanol–water partition coefficient (Wildman–Crippen LogP) is 1.52. The van der Waals surface area contributed by atoms with E-state index in [0.29, 0.717) is 42.4 Å². The number of hydrogen-bond donors (Lipinski definition) is 1. The molecule has 3 aromatic heterocycles. The number of hydrogen-bond acceptors (Lipinski definition) is 8. The Bertz CT molecular complexity index is 1120. The van der Waals surface area contributed by atoms with Crippen molar-refractivity contribution in [1.82, 2.24) is 29.9 Å². The molecule has 2 N–H and O–H groups in total. The lowest BCUT2D eigenvalue weighted by molar-refractivity contribution is 0.152. The van der Waals surface area contributed by atoms with Crippen molar-refractivity contribution in [3.63, 3.8) is 0 Å². The van der Waals surface area contributed by atoms with Crippen molar-refractivity contribution in [3.05, 3.63) is 54.0 Å². The van der Waals surface area contributed by atoms with Gasteiger partial charge in [0.2, 0.25) is 5.65 Å². The highest BCUT2D eigenvalue weighted by atomic mass is 16.6. The Morgan fingerprint density at radius 3 is 3.07 bits per heavy atom. The Morgan fingerprint density at radius 1 is 1.26 bits per heavy atom. The lowest BCUT2D eigenvalue weighted by Crippen LogP contribution is -2.08. The number of nitrogens with zero attached hydrogens (tertiary/aromatic N) is 7. The van der Waals surface area contributed by atoms with Crippen LogP contribution in [0.15, 0.2) is 47.9 Å². The van der Waals surface area contributed by atoms with E-state index in [2.05, 4.69) is 36.5 Å². The van der Waals surface area contributed by atoms with Crippen LogP contribution in [0.5, 0.6) is 0 Å². The second-order valence-corrected chi connectivity index (χ2v) is 5.98. The zero-order valence-corrected chi connectivity index (χ0v) is 14.8. The molecule has 0 aliphatic heterocycles. The van der Waals surface area contributed by atoms with Gasteiger partial charge in [-0.05, 0) is 30.7 Å². The van der Waals surface area contributed by atoms with E-state index in [1.165, 1.54) is 0 Å². The smallest absolute Gasteiger partial charge is 0.221 e. The molecule has 9 nitrogen and oxygen atoms in total. The molecule has 4 aromatic rings. The first-order valence-electron chi connectivity index (χ1n) is 8.51. The van der Waals surface area contributed by atoms with Gasteiger partial charge in [-0.2, -0.15) is 0 Å². The molecule has 0 saturated carbocycles. The number of pyridine rings is 1. The third-order valence-electron chi connectivity index (χ3n) is 4.01. The summed E-state index contributed by atoms with van der Waals surface area (Å²) in [6, 6.07) is 10.1. The molecule has 0 amide bonds. The Labute approximate surface area is 154 Å². The van der Waals surface area contributed by atoms with E-state index >= 15 is 0 Å². The zero-order valence-electron chi connectivity index (χ0n) is 14.8. The molecule has 0 radical (unpaired) electrons. The van der Waals surface area contributed by atoms with Crippen molar-refractivity contribution in [2.24, 2.45) is 10.9 Å². The lowest BCUT2D eigenvalue weighted by Gasteiger charge is -2.05. The minimum absolute atomic E-state index is 0.351. The lowest BCUT2D eigenvalue weighted by atomic mass is 10.1. The Balaban J connectivity index is 1.65. The zero-order chi connectivity index (χ0) is 18.6. The van der Waals surface area contributed by atoms with Crippen molar-refractivity contribution in [2.45, 2.75) is 13.5 Å². The predicted molar refractivity (Wildman–Crippen MR) is 101 cm³/mol. The van der Waals surface area contributed by atoms with Crippen LogP contribution in [0.4, 0.5) is 0 Å². The van der Waals surface area contributed by atoms with Crippen LogP contribution in [0.2, 0.25) is 0 Å². The van der Waals surface area contributed by atoms with Crippen molar-refractivity contribution >= 4 is 27.9 Å². The van der Waals surface area contributed by atoms with Gasteiger partial charge in [0, 0.05) is 18.1 Å². The maximum Gasteiger partial charge on any atom is 0.221 e. The summed E-state index contributed by atoms with van der Waals surface area (Å²) in [6.07, 6.45) is 3.39. The van der Waals surface area contributed by atoms with Gasteiger partial charge in [-0.25, -0.2) is 14.6 Å². The minimum Gasteiger partial charge on any atom is -0.394 e. The first kappa shape index (κ1) is 17.0. The van der Waals surface area contributed by atoms with Crippen molar-refractivity contribution in [2.75, 3.05) is 13.2 Å². The van der Waals surface area contributed by atoms with E-state index in [-0.39, 0.29) is 0 Å². The van der Waals surface area contributed by atoms with Crippen LogP contribution >= 0.6 is 0 Å². The summed E-state index contributed by atoms with van der Waals surface area (Å²) >= 11 is 0. The molecule has 0 atom stereocenters. The van der Waals surface area contributed by atoms with Gasteiger partial charge in [0.25, 0.3) is 0 Å². The minimum atomic E-state index is 0.351. The fourth-order valence-corrected chi connectivity index (χ4v) is 2.67. The van der Waals surface area contributed by atoms with Gasteiger partial charge >= 0.3 is 0 Å². The molecule has 136 valence electrons. The van der Waals surface area contributed by atoms with E-state index in [4.69, 9.17) is 10.6 Å². The molecule has 27 heavy (non-hydrogen) atoms. The quantitative estimate of drug-likeness (QED) is 0.314. The highest BCUT2D eigenvalue weighted by Gasteiger charge is 2.11. The number of rotatable bonds is 6. The van der Waals surface area contributed by atoms with Crippen molar-refractivity contribution in [3.8, 4) is 0 Å². The van der Waals surface area contributed by atoms with Gasteiger partial charge in [-0.15, -0.1) is 5.10 Å². The molecule has 0 aliphatic carbocycles. The molecule has 3 heterocycles. The molecule has 0 fully saturated rings. The molecular formula is C18H18N8O. The number of aromatic nitrogens is 6. The highest BCUT2D eigenvalue weighted by Crippen LogP contribution is 2.15. The maximum absolute atomic E-state index is 5.40. The van der Waals surface area contributed by atoms with Crippen LogP contribution in [-0.4, -0.2) is 48.8 Å². The Hall–Kier alpha value is -3.46. The largest absolute Gasteiger partial charge is 0.394 e. The van der Waals surface area contributed by atoms with E-state index < -0.39 is 0 Å². The van der Waals surface area contributed by atoms with Crippen LogP contribution in [0.3, 0.4) is 0 Å². The molecule has 1 aromatic carbocycles. The van der Waals surface area contributed by atoms with E-state index in [0.717, 1.165) is 16.5 Å². The molecule has 0 aliphatic rings. The van der Waals surface area contributed by atoms with Gasteiger partial charge in [0.05, 0.1) is 18.3 Å². The topological polar surface area (TPSA) is 117 Å². The second kappa shape index (κ2) is 7.42. The van der Waals surface area contributed by atoms with Gasteiger partial charge < -0.3 is 10.6 Å². The van der Waals surface area contributed by atoms with Crippen LogP contribution in [0.25, 0.3) is 22.2 Å². The average molecular weight is 362 g/mol. The molecule has 0 unspecified atom stereocenters. The molecule has 9 heteroatoms. The molecular weight excluding hydrogens is 344 g/mol. The van der Waals surface area contributed by atoms with Crippen LogP contribution in [0, 0.1) is 0 Å². The standard InChI is InChI=1S/C18H18N8O/c1-12(24-27-8-6-19)16-10-21-17-18(22-16)26(25-23-17)11-13-4-5-15-14(9-13)3-2-7-20-15/h2-5,7,9-10H,6,8,11,19H2,1H3. The third-order valence-corrected chi connectivity index (χ3v) is 4.01. The van der Waals surface area contributed by atoms with Gasteiger partial charge in [0.1, 0.15) is 18.0 Å². The third kappa shape index (κ3) is 3.58. The van der Waals surface area contributed by atoms with Crippen LogP contribution in [-0.2, 0) is 11.4 Å². The molecule has 0 spiro atoms. The van der Waals surface area contributed by atoms with Gasteiger partial charge in [0.15, 0.2) is 5.65 Å². The summed E-state index contributed by atoms with van der Waals surface area (Å²) in [5, 5.41) is 13.4. The van der Waals surface area contributed by atoms with Crippen LogP contribution in [0.1, 0.15) is 18.2 Å². The number of oxime groups is 1. The van der Waals surface area contributed by atoms with E-state index in [1.807, 2.05) is 24.3 Å². The highest BCUT2D eigenvalue weighted by molar-refractivity contribution is 5.97. The maximum atomic E-state index is 5.40. The van der Waals surface area contributed by atoms with Gasteiger partial charge in [-0.1, -0.05) is 22.5 Å². The Morgan fingerprint density at radius 2 is 2.19 bits per heavy atom. The second-order valence-electron chi connectivity index (χ2n) is 5.98. The van der Waals surface area contributed by atoms with E-state index in [1.54, 1.807) is 24.0 Å². The summed E-state index contributed by atoms with van der Waals surface area (Å²) in [5.74, 6) is 0. The fourth-order valence-electron chi connectivity index (χ4n) is 2.67. The van der Waals surface area contributed by atoms with Crippen LogP contribution < -0.4 is 5.73 Å².